The van der Waals surface area contributed by atoms with E-state index in [-0.39, 0.29) is 18.4 Å². The van der Waals surface area contributed by atoms with E-state index < -0.39 is 0 Å². The number of thiazole rings is 1. The van der Waals surface area contributed by atoms with Gasteiger partial charge in [0.15, 0.2) is 5.13 Å². The lowest BCUT2D eigenvalue weighted by Gasteiger charge is -2.14. The highest BCUT2D eigenvalue weighted by molar-refractivity contribution is 7.14. The van der Waals surface area contributed by atoms with Crippen LogP contribution in [0.3, 0.4) is 0 Å². The van der Waals surface area contributed by atoms with Gasteiger partial charge in [0.1, 0.15) is 11.5 Å². The topological polar surface area (TPSA) is 80.8 Å². The Balaban J connectivity index is 1.54. The number of benzene rings is 2. The van der Waals surface area contributed by atoms with E-state index in [1.165, 1.54) is 22.3 Å². The molecule has 0 saturated heterocycles. The van der Waals surface area contributed by atoms with Crippen molar-refractivity contribution >= 4 is 34.4 Å². The second-order valence-corrected chi connectivity index (χ2v) is 7.48. The summed E-state index contributed by atoms with van der Waals surface area (Å²) in [7, 11) is 4.77. The van der Waals surface area contributed by atoms with Crippen molar-refractivity contribution in [3.05, 3.63) is 65.6 Å². The molecule has 7 nitrogen and oxygen atoms in total. The molecule has 31 heavy (non-hydrogen) atoms. The predicted molar refractivity (Wildman–Crippen MR) is 122 cm³/mol. The Bertz CT molecular complexity index is 1080. The van der Waals surface area contributed by atoms with Gasteiger partial charge in [-0.2, -0.15) is 0 Å². The number of hydrogen-bond acceptors (Lipinski definition) is 6. The largest absolute Gasteiger partial charge is 0.497 e. The van der Waals surface area contributed by atoms with Crippen molar-refractivity contribution < 1.29 is 19.1 Å². The minimum atomic E-state index is -0.318. The number of nitrogens with zero attached hydrogens (tertiary/aromatic N) is 2. The van der Waals surface area contributed by atoms with E-state index in [4.69, 9.17) is 9.47 Å². The van der Waals surface area contributed by atoms with Gasteiger partial charge >= 0.3 is 0 Å². The summed E-state index contributed by atoms with van der Waals surface area (Å²) < 4.78 is 10.3. The number of aromatic nitrogens is 1. The number of rotatable bonds is 8. The van der Waals surface area contributed by atoms with Crippen LogP contribution >= 0.6 is 11.3 Å². The van der Waals surface area contributed by atoms with Crippen LogP contribution in [-0.4, -0.2) is 49.5 Å². The van der Waals surface area contributed by atoms with Gasteiger partial charge in [0.05, 0.1) is 26.5 Å². The summed E-state index contributed by atoms with van der Waals surface area (Å²) in [4.78, 5) is 30.4. The molecule has 1 aromatic heterocycles. The third-order valence-corrected chi connectivity index (χ3v) is 5.16. The van der Waals surface area contributed by atoms with Gasteiger partial charge in [-0.25, -0.2) is 4.98 Å². The molecule has 3 aromatic rings. The lowest BCUT2D eigenvalue weighted by atomic mass is 10.2. The number of methoxy groups -OCH3 is 2. The molecule has 0 unspecified atom stereocenters. The molecular weight excluding hydrogens is 414 g/mol. The molecule has 0 atom stereocenters. The smallest absolute Gasteiger partial charge is 0.246 e. The van der Waals surface area contributed by atoms with Gasteiger partial charge in [0, 0.05) is 24.1 Å². The summed E-state index contributed by atoms with van der Waals surface area (Å²) in [6.07, 6.45) is 3.11. The van der Waals surface area contributed by atoms with Crippen molar-refractivity contribution in [3.63, 3.8) is 0 Å². The molecule has 0 aliphatic rings. The first-order valence-electron chi connectivity index (χ1n) is 9.45. The zero-order valence-corrected chi connectivity index (χ0v) is 18.3. The highest BCUT2D eigenvalue weighted by Crippen LogP contribution is 2.26. The second kappa shape index (κ2) is 10.4. The van der Waals surface area contributed by atoms with Crippen LogP contribution < -0.4 is 14.8 Å². The third kappa shape index (κ3) is 6.16. The lowest BCUT2D eigenvalue weighted by Crippen LogP contribution is -2.33. The Morgan fingerprint density at radius 2 is 1.84 bits per heavy atom. The average Bonchev–Trinajstić information content (AvgIpc) is 3.25. The molecule has 0 aliphatic carbocycles. The zero-order chi connectivity index (χ0) is 22.2. The van der Waals surface area contributed by atoms with Crippen LogP contribution in [0, 0.1) is 0 Å². The Morgan fingerprint density at radius 3 is 2.55 bits per heavy atom. The molecule has 8 heteroatoms. The predicted octanol–water partition coefficient (Wildman–Crippen LogP) is 3.94. The Kier molecular flexibility index (Phi) is 7.40. The van der Waals surface area contributed by atoms with Crippen LogP contribution in [0.25, 0.3) is 17.3 Å². The fourth-order valence-corrected chi connectivity index (χ4v) is 3.45. The van der Waals surface area contributed by atoms with Crippen LogP contribution in [-0.2, 0) is 9.59 Å². The molecule has 1 heterocycles. The second-order valence-electron chi connectivity index (χ2n) is 6.62. The number of carbonyl (C=O) groups is 2. The minimum Gasteiger partial charge on any atom is -0.497 e. The first-order valence-corrected chi connectivity index (χ1v) is 10.3. The Labute approximate surface area is 184 Å². The number of likely N-dealkylation sites (N-methyl/N-ethyl adjacent to an activating group) is 1. The van der Waals surface area contributed by atoms with Crippen molar-refractivity contribution in [2.75, 3.05) is 33.1 Å². The summed E-state index contributed by atoms with van der Waals surface area (Å²) in [5.74, 6) is 0.873. The number of anilines is 1. The van der Waals surface area contributed by atoms with Crippen LogP contribution in [0.2, 0.25) is 0 Å². The van der Waals surface area contributed by atoms with E-state index >= 15 is 0 Å². The molecule has 0 spiro atoms. The monoisotopic (exact) mass is 437 g/mol. The van der Waals surface area contributed by atoms with Crippen molar-refractivity contribution in [2.24, 2.45) is 0 Å². The maximum Gasteiger partial charge on any atom is 0.246 e. The number of ether oxygens (including phenoxy) is 2. The van der Waals surface area contributed by atoms with Gasteiger partial charge in [-0.05, 0) is 48.0 Å². The molecule has 2 amide bonds. The van der Waals surface area contributed by atoms with Gasteiger partial charge in [0.25, 0.3) is 0 Å². The van der Waals surface area contributed by atoms with E-state index in [2.05, 4.69) is 10.3 Å². The quantitative estimate of drug-likeness (QED) is 0.540. The molecule has 0 radical (unpaired) electrons. The maximum atomic E-state index is 12.3. The molecule has 3 rings (SSSR count). The number of carbonyl (C=O) groups excluding carboxylic acids is 2. The molecule has 0 aliphatic heterocycles. The average molecular weight is 438 g/mol. The van der Waals surface area contributed by atoms with Crippen molar-refractivity contribution in [1.29, 1.82) is 0 Å². The van der Waals surface area contributed by atoms with E-state index in [1.807, 2.05) is 53.9 Å². The van der Waals surface area contributed by atoms with E-state index in [0.29, 0.717) is 10.9 Å². The van der Waals surface area contributed by atoms with Gasteiger partial charge in [0.2, 0.25) is 11.8 Å². The minimum absolute atomic E-state index is 0.0846. The molecule has 0 fully saturated rings. The summed E-state index contributed by atoms with van der Waals surface area (Å²) in [5, 5.41) is 5.08. The van der Waals surface area contributed by atoms with Crippen LogP contribution in [0.5, 0.6) is 11.5 Å². The molecule has 2 aromatic carbocycles. The van der Waals surface area contributed by atoms with E-state index in [1.54, 1.807) is 27.3 Å². The van der Waals surface area contributed by atoms with Gasteiger partial charge in [-0.15, -0.1) is 11.3 Å². The van der Waals surface area contributed by atoms with Crippen molar-refractivity contribution in [3.8, 4) is 22.8 Å². The fraction of sp³-hybridized carbons (Fsp3) is 0.174. The van der Waals surface area contributed by atoms with Crippen molar-refractivity contribution in [1.82, 2.24) is 9.88 Å². The molecule has 0 bridgehead atoms. The highest BCUT2D eigenvalue weighted by Gasteiger charge is 2.13. The molecular formula is C23H23N3O4S. The molecule has 1 N–H and O–H groups in total. The Hall–Kier alpha value is -3.65. The normalized spacial score (nSPS) is 10.7. The number of hydrogen-bond donors (Lipinski definition) is 1. The van der Waals surface area contributed by atoms with Gasteiger partial charge in [-0.1, -0.05) is 12.1 Å². The number of nitrogens with one attached hydrogen (secondary N) is 1. The zero-order valence-electron chi connectivity index (χ0n) is 17.5. The fourth-order valence-electron chi connectivity index (χ4n) is 2.72. The first-order chi connectivity index (χ1) is 15.0. The SMILES string of the molecule is COc1ccc(-c2csc(NC(=O)CN(C)C(=O)/C=C/c3cccc(OC)c3)n2)cc1. The van der Waals surface area contributed by atoms with Gasteiger partial charge < -0.3 is 19.7 Å². The highest BCUT2D eigenvalue weighted by atomic mass is 32.1. The summed E-state index contributed by atoms with van der Waals surface area (Å²) in [6, 6.07) is 14.9. The first kappa shape index (κ1) is 22.0. The lowest BCUT2D eigenvalue weighted by molar-refractivity contribution is -0.129. The maximum absolute atomic E-state index is 12.3. The number of amides is 2. The third-order valence-electron chi connectivity index (χ3n) is 4.41. The standard InChI is InChI=1S/C23H23N3O4S/c1-26(22(28)12-7-16-5-4-6-19(13-16)30-3)14-21(27)25-23-24-20(15-31-23)17-8-10-18(29-2)11-9-17/h4-13,15H,14H2,1-3H3,(H,24,25,27)/b12-7+. The van der Waals surface area contributed by atoms with Crippen LogP contribution in [0.1, 0.15) is 5.56 Å². The summed E-state index contributed by atoms with van der Waals surface area (Å²) in [6.45, 7) is -0.0846. The van der Waals surface area contributed by atoms with Crippen LogP contribution in [0.15, 0.2) is 60.0 Å². The molecule has 160 valence electrons. The van der Waals surface area contributed by atoms with E-state index in [0.717, 1.165) is 22.6 Å². The molecule has 0 saturated carbocycles. The summed E-state index contributed by atoms with van der Waals surface area (Å²) in [5.41, 5.74) is 2.51. The van der Waals surface area contributed by atoms with Crippen molar-refractivity contribution in [2.45, 2.75) is 0 Å². The summed E-state index contributed by atoms with van der Waals surface area (Å²) >= 11 is 1.33. The van der Waals surface area contributed by atoms with Crippen LogP contribution in [0.4, 0.5) is 5.13 Å². The Morgan fingerprint density at radius 1 is 1.10 bits per heavy atom. The van der Waals surface area contributed by atoms with Gasteiger partial charge in [-0.3, -0.25) is 9.59 Å². The van der Waals surface area contributed by atoms with E-state index in [9.17, 15) is 9.59 Å².